The maximum absolute atomic E-state index is 11.3. The van der Waals surface area contributed by atoms with Crippen LogP contribution >= 0.6 is 22.9 Å². The molecule has 0 radical (unpaired) electrons. The summed E-state index contributed by atoms with van der Waals surface area (Å²) < 4.78 is 4.83. The summed E-state index contributed by atoms with van der Waals surface area (Å²) in [5.74, 6) is -0.759. The van der Waals surface area contributed by atoms with E-state index in [4.69, 9.17) is 16.3 Å². The Hall–Kier alpha value is -1.14. The van der Waals surface area contributed by atoms with E-state index in [1.807, 2.05) is 6.92 Å². The number of alkyl halides is 1. The molecule has 0 unspecified atom stereocenters. The van der Waals surface area contributed by atoms with Crippen molar-refractivity contribution in [3.05, 3.63) is 10.6 Å². The van der Waals surface area contributed by atoms with Crippen molar-refractivity contribution in [2.24, 2.45) is 0 Å². The molecule has 0 aliphatic heterocycles. The van der Waals surface area contributed by atoms with E-state index in [1.165, 1.54) is 11.3 Å². The van der Waals surface area contributed by atoms with E-state index in [-0.39, 0.29) is 24.2 Å². The van der Waals surface area contributed by atoms with Gasteiger partial charge in [0.25, 0.3) is 0 Å². The molecule has 0 fully saturated rings. The second kappa shape index (κ2) is 6.56. The first-order valence-electron chi connectivity index (χ1n) is 5.04. The number of esters is 1. The van der Waals surface area contributed by atoms with Crippen LogP contribution in [0.3, 0.4) is 0 Å². The number of hydrogen-bond acceptors (Lipinski definition) is 5. The fourth-order valence-corrected chi connectivity index (χ4v) is 2.06. The standard InChI is InChI=1S/C10H13ClN2O3S/c1-3-16-9(15)4-7-6(2)17-10(12-7)13-8(14)5-11/h3-5H2,1-2H3,(H,12,13,14). The van der Waals surface area contributed by atoms with Crippen molar-refractivity contribution >= 4 is 39.9 Å². The molecule has 0 aromatic carbocycles. The number of thiazole rings is 1. The first kappa shape index (κ1) is 13.9. The SMILES string of the molecule is CCOC(=O)Cc1nc(NC(=O)CCl)sc1C. The molecule has 1 rings (SSSR count). The number of hydrogen-bond donors (Lipinski definition) is 1. The van der Waals surface area contributed by atoms with Gasteiger partial charge in [-0.25, -0.2) is 4.98 Å². The van der Waals surface area contributed by atoms with E-state index in [0.29, 0.717) is 17.4 Å². The van der Waals surface area contributed by atoms with Crippen molar-refractivity contribution in [1.29, 1.82) is 0 Å². The van der Waals surface area contributed by atoms with Gasteiger partial charge in [-0.3, -0.25) is 9.59 Å². The fraction of sp³-hybridized carbons (Fsp3) is 0.500. The lowest BCUT2D eigenvalue weighted by Gasteiger charge is -1.99. The molecular formula is C10H13ClN2O3S. The quantitative estimate of drug-likeness (QED) is 0.657. The maximum Gasteiger partial charge on any atom is 0.311 e. The normalized spacial score (nSPS) is 10.1. The number of aryl methyl sites for hydroxylation is 1. The number of aromatic nitrogens is 1. The number of rotatable bonds is 5. The molecule has 1 N–H and O–H groups in total. The van der Waals surface area contributed by atoms with Gasteiger partial charge in [0, 0.05) is 4.88 Å². The number of carbonyl (C=O) groups is 2. The van der Waals surface area contributed by atoms with Crippen LogP contribution in [-0.2, 0) is 20.7 Å². The van der Waals surface area contributed by atoms with Crippen molar-refractivity contribution in [1.82, 2.24) is 4.98 Å². The summed E-state index contributed by atoms with van der Waals surface area (Å²) in [6, 6.07) is 0. The third-order valence-corrected chi connectivity index (χ3v) is 3.05. The van der Waals surface area contributed by atoms with Gasteiger partial charge in [0.2, 0.25) is 5.91 Å². The predicted molar refractivity (Wildman–Crippen MR) is 66.5 cm³/mol. The van der Waals surface area contributed by atoms with Crippen molar-refractivity contribution in [3.63, 3.8) is 0 Å². The minimum Gasteiger partial charge on any atom is -0.466 e. The second-order valence-electron chi connectivity index (χ2n) is 3.19. The topological polar surface area (TPSA) is 68.3 Å². The van der Waals surface area contributed by atoms with Gasteiger partial charge in [-0.2, -0.15) is 0 Å². The summed E-state index contributed by atoms with van der Waals surface area (Å²) in [6.45, 7) is 3.93. The highest BCUT2D eigenvalue weighted by Gasteiger charge is 2.13. The van der Waals surface area contributed by atoms with Crippen LogP contribution in [0.15, 0.2) is 0 Å². The summed E-state index contributed by atoms with van der Waals surface area (Å²) in [6.07, 6.45) is 0.118. The van der Waals surface area contributed by atoms with Gasteiger partial charge >= 0.3 is 5.97 Å². The largest absolute Gasteiger partial charge is 0.466 e. The molecule has 17 heavy (non-hydrogen) atoms. The molecule has 0 atom stereocenters. The molecule has 1 aromatic heterocycles. The Morgan fingerprint density at radius 2 is 2.24 bits per heavy atom. The summed E-state index contributed by atoms with van der Waals surface area (Å²) in [5, 5.41) is 2.99. The van der Waals surface area contributed by atoms with Crippen molar-refractivity contribution < 1.29 is 14.3 Å². The molecule has 1 heterocycles. The van der Waals surface area contributed by atoms with Crippen molar-refractivity contribution in [2.45, 2.75) is 20.3 Å². The van der Waals surface area contributed by atoms with Crippen LogP contribution in [0.5, 0.6) is 0 Å². The Morgan fingerprint density at radius 3 is 2.82 bits per heavy atom. The molecule has 1 aromatic rings. The Kier molecular flexibility index (Phi) is 5.37. The molecule has 94 valence electrons. The number of halogens is 1. The fourth-order valence-electron chi connectivity index (χ4n) is 1.15. The van der Waals surface area contributed by atoms with Crippen LogP contribution in [0.2, 0.25) is 0 Å². The zero-order valence-corrected chi connectivity index (χ0v) is 11.2. The van der Waals surface area contributed by atoms with Gasteiger partial charge in [-0.05, 0) is 13.8 Å². The van der Waals surface area contributed by atoms with E-state index in [0.717, 1.165) is 4.88 Å². The Morgan fingerprint density at radius 1 is 1.53 bits per heavy atom. The molecule has 1 amide bonds. The zero-order valence-electron chi connectivity index (χ0n) is 9.58. The van der Waals surface area contributed by atoms with Crippen molar-refractivity contribution in [3.8, 4) is 0 Å². The van der Waals surface area contributed by atoms with E-state index >= 15 is 0 Å². The lowest BCUT2D eigenvalue weighted by atomic mass is 10.3. The number of nitrogens with one attached hydrogen (secondary N) is 1. The highest BCUT2D eigenvalue weighted by atomic mass is 35.5. The molecule has 7 heteroatoms. The monoisotopic (exact) mass is 276 g/mol. The van der Waals surface area contributed by atoms with E-state index in [9.17, 15) is 9.59 Å². The minimum absolute atomic E-state index is 0.118. The molecular weight excluding hydrogens is 264 g/mol. The first-order valence-corrected chi connectivity index (χ1v) is 6.39. The highest BCUT2D eigenvalue weighted by Crippen LogP contribution is 2.22. The molecule has 0 spiro atoms. The summed E-state index contributed by atoms with van der Waals surface area (Å²) in [4.78, 5) is 27.4. The zero-order chi connectivity index (χ0) is 12.8. The molecule has 0 aliphatic carbocycles. The number of amides is 1. The predicted octanol–water partition coefficient (Wildman–Crippen LogP) is 1.73. The van der Waals surface area contributed by atoms with Crippen LogP contribution < -0.4 is 5.32 Å². The van der Waals surface area contributed by atoms with Crippen LogP contribution in [0.1, 0.15) is 17.5 Å². The number of carbonyl (C=O) groups excluding carboxylic acids is 2. The number of ether oxygens (including phenoxy) is 1. The highest BCUT2D eigenvalue weighted by molar-refractivity contribution is 7.15. The smallest absolute Gasteiger partial charge is 0.311 e. The van der Waals surface area contributed by atoms with Gasteiger partial charge < -0.3 is 10.1 Å². The van der Waals surface area contributed by atoms with E-state index in [2.05, 4.69) is 10.3 Å². The average Bonchev–Trinajstić information content (AvgIpc) is 2.59. The molecule has 5 nitrogen and oxygen atoms in total. The van der Waals surface area contributed by atoms with E-state index < -0.39 is 0 Å². The number of anilines is 1. The van der Waals surface area contributed by atoms with Gasteiger partial charge in [0.1, 0.15) is 5.88 Å². The Labute approximate surface area is 108 Å². The van der Waals surface area contributed by atoms with Gasteiger partial charge in [-0.1, -0.05) is 0 Å². The lowest BCUT2D eigenvalue weighted by molar-refractivity contribution is -0.142. The third kappa shape index (κ3) is 4.32. The molecule has 0 bridgehead atoms. The molecule has 0 saturated heterocycles. The third-order valence-electron chi connectivity index (χ3n) is 1.88. The summed E-state index contributed by atoms with van der Waals surface area (Å²) in [5.41, 5.74) is 0.623. The minimum atomic E-state index is -0.323. The van der Waals surface area contributed by atoms with Crippen LogP contribution in [-0.4, -0.2) is 29.3 Å². The van der Waals surface area contributed by atoms with Crippen LogP contribution in [0.25, 0.3) is 0 Å². The van der Waals surface area contributed by atoms with Gasteiger partial charge in [0.05, 0.1) is 18.7 Å². The van der Waals surface area contributed by atoms with E-state index in [1.54, 1.807) is 6.92 Å². The van der Waals surface area contributed by atoms with Crippen LogP contribution in [0, 0.1) is 6.92 Å². The Balaban J connectivity index is 2.68. The van der Waals surface area contributed by atoms with Gasteiger partial charge in [0.15, 0.2) is 5.13 Å². The maximum atomic E-state index is 11.3. The lowest BCUT2D eigenvalue weighted by Crippen LogP contribution is -2.12. The average molecular weight is 277 g/mol. The molecule has 0 saturated carbocycles. The summed E-state index contributed by atoms with van der Waals surface area (Å²) in [7, 11) is 0. The summed E-state index contributed by atoms with van der Waals surface area (Å²) >= 11 is 6.67. The van der Waals surface area contributed by atoms with Crippen molar-refractivity contribution in [2.75, 3.05) is 17.8 Å². The second-order valence-corrected chi connectivity index (χ2v) is 4.66. The van der Waals surface area contributed by atoms with Crippen LogP contribution in [0.4, 0.5) is 5.13 Å². The molecule has 0 aliphatic rings. The number of nitrogens with zero attached hydrogens (tertiary/aromatic N) is 1. The first-order chi connectivity index (χ1) is 8.06. The Bertz CT molecular complexity index is 420. The van der Waals surface area contributed by atoms with Gasteiger partial charge in [-0.15, -0.1) is 22.9 Å².